The number of carbonyl (C=O) groups excluding carboxylic acids is 2. The molecule has 2 aromatic carbocycles. The van der Waals surface area contributed by atoms with Crippen LogP contribution in [0.5, 0.6) is 0 Å². The van der Waals surface area contributed by atoms with E-state index in [1.807, 2.05) is 6.07 Å². The topological polar surface area (TPSA) is 64.4 Å². The van der Waals surface area contributed by atoms with E-state index >= 15 is 0 Å². The van der Waals surface area contributed by atoms with Crippen molar-refractivity contribution in [2.24, 2.45) is 0 Å². The molecule has 6 heteroatoms. The summed E-state index contributed by atoms with van der Waals surface area (Å²) >= 11 is 5.95. The number of hydrogen-bond donors (Lipinski definition) is 0. The highest BCUT2D eigenvalue weighted by atomic mass is 35.5. The molecular weight excluding hydrogens is 338 g/mol. The van der Waals surface area contributed by atoms with Crippen LogP contribution in [0.15, 0.2) is 48.5 Å². The minimum Gasteiger partial charge on any atom is -0.278 e. The number of halogens is 1. The Morgan fingerprint density at radius 3 is 2.08 bits per heavy atom. The van der Waals surface area contributed by atoms with Gasteiger partial charge in [0.1, 0.15) is 5.54 Å². The van der Waals surface area contributed by atoms with Crippen LogP contribution < -0.4 is 9.80 Å². The SMILES string of the molecule is N#Cc1ccc(N2C(=O)N(c3ccc(Cl)cc3)C3(CCC3)C2=O)cc1. The van der Waals surface area contributed by atoms with Gasteiger partial charge in [-0.25, -0.2) is 9.69 Å². The highest BCUT2D eigenvalue weighted by molar-refractivity contribution is 6.32. The Labute approximate surface area is 150 Å². The zero-order valence-corrected chi connectivity index (χ0v) is 14.0. The van der Waals surface area contributed by atoms with Crippen LogP contribution in [0.1, 0.15) is 24.8 Å². The van der Waals surface area contributed by atoms with E-state index in [0.717, 1.165) is 6.42 Å². The zero-order valence-electron chi connectivity index (χ0n) is 13.3. The molecule has 1 saturated heterocycles. The van der Waals surface area contributed by atoms with E-state index in [4.69, 9.17) is 16.9 Å². The van der Waals surface area contributed by atoms with Crippen LogP contribution in [-0.2, 0) is 4.79 Å². The lowest BCUT2D eigenvalue weighted by Gasteiger charge is -2.42. The predicted molar refractivity (Wildman–Crippen MR) is 94.6 cm³/mol. The largest absolute Gasteiger partial charge is 0.336 e. The van der Waals surface area contributed by atoms with Crippen molar-refractivity contribution in [1.82, 2.24) is 0 Å². The molecule has 0 N–H and O–H groups in total. The molecule has 2 aromatic rings. The number of hydrogen-bond acceptors (Lipinski definition) is 3. The number of urea groups is 1. The van der Waals surface area contributed by atoms with Crippen molar-refractivity contribution in [2.75, 3.05) is 9.80 Å². The minimum absolute atomic E-state index is 0.205. The third-order valence-corrected chi connectivity index (χ3v) is 5.18. The first-order chi connectivity index (χ1) is 12.1. The average molecular weight is 352 g/mol. The standard InChI is InChI=1S/C19H14ClN3O2/c20-14-4-8-16(9-5-14)23-18(25)22(17(24)19(23)10-1-11-19)15-6-2-13(12-21)3-7-15/h2-9H,1,10-11H2. The fourth-order valence-corrected chi connectivity index (χ4v) is 3.61. The molecule has 1 aliphatic heterocycles. The first-order valence-electron chi connectivity index (χ1n) is 8.01. The molecule has 25 heavy (non-hydrogen) atoms. The second-order valence-corrected chi connectivity index (χ2v) is 6.72. The lowest BCUT2D eigenvalue weighted by atomic mass is 9.75. The van der Waals surface area contributed by atoms with Crippen molar-refractivity contribution < 1.29 is 9.59 Å². The Balaban J connectivity index is 1.78. The highest BCUT2D eigenvalue weighted by Crippen LogP contribution is 2.47. The normalized spacial score (nSPS) is 18.4. The van der Waals surface area contributed by atoms with Gasteiger partial charge in [0.15, 0.2) is 0 Å². The number of anilines is 2. The first-order valence-corrected chi connectivity index (χ1v) is 8.39. The van der Waals surface area contributed by atoms with E-state index in [1.165, 1.54) is 4.90 Å². The molecule has 0 atom stereocenters. The van der Waals surface area contributed by atoms with Crippen LogP contribution in [0.2, 0.25) is 5.02 Å². The van der Waals surface area contributed by atoms with Crippen LogP contribution in [-0.4, -0.2) is 17.5 Å². The third-order valence-electron chi connectivity index (χ3n) is 4.93. The summed E-state index contributed by atoms with van der Waals surface area (Å²) in [7, 11) is 0. The van der Waals surface area contributed by atoms with Crippen LogP contribution in [0.4, 0.5) is 16.2 Å². The van der Waals surface area contributed by atoms with Gasteiger partial charge in [0.25, 0.3) is 5.91 Å². The molecule has 5 nitrogen and oxygen atoms in total. The molecule has 0 bridgehead atoms. The van der Waals surface area contributed by atoms with E-state index in [1.54, 1.807) is 53.4 Å². The number of nitriles is 1. The molecular formula is C19H14ClN3O2. The molecule has 1 aliphatic carbocycles. The lowest BCUT2D eigenvalue weighted by molar-refractivity contribution is -0.123. The smallest absolute Gasteiger partial charge is 0.278 e. The van der Waals surface area contributed by atoms with E-state index < -0.39 is 5.54 Å². The number of imide groups is 1. The third kappa shape index (κ3) is 2.22. The number of amides is 3. The van der Waals surface area contributed by atoms with E-state index in [0.29, 0.717) is 34.8 Å². The van der Waals surface area contributed by atoms with Gasteiger partial charge in [0.2, 0.25) is 0 Å². The van der Waals surface area contributed by atoms with Gasteiger partial charge in [-0.1, -0.05) is 11.6 Å². The van der Waals surface area contributed by atoms with E-state index in [2.05, 4.69) is 0 Å². The molecule has 0 unspecified atom stereocenters. The van der Waals surface area contributed by atoms with Gasteiger partial charge < -0.3 is 0 Å². The predicted octanol–water partition coefficient (Wildman–Crippen LogP) is 4.11. The maximum atomic E-state index is 13.1. The minimum atomic E-state index is -0.807. The molecule has 1 heterocycles. The molecule has 2 fully saturated rings. The van der Waals surface area contributed by atoms with Crippen molar-refractivity contribution in [2.45, 2.75) is 24.8 Å². The second-order valence-electron chi connectivity index (χ2n) is 6.28. The zero-order chi connectivity index (χ0) is 17.6. The average Bonchev–Trinajstić information content (AvgIpc) is 2.83. The summed E-state index contributed by atoms with van der Waals surface area (Å²) in [6, 6.07) is 15.1. The molecule has 124 valence electrons. The van der Waals surface area contributed by atoms with Gasteiger partial charge in [0.05, 0.1) is 17.3 Å². The van der Waals surface area contributed by atoms with Gasteiger partial charge in [-0.3, -0.25) is 9.69 Å². The summed E-state index contributed by atoms with van der Waals surface area (Å²) in [5.74, 6) is -0.205. The summed E-state index contributed by atoms with van der Waals surface area (Å²) in [4.78, 5) is 29.0. The van der Waals surface area contributed by atoms with Gasteiger partial charge in [0, 0.05) is 10.7 Å². The van der Waals surface area contributed by atoms with Gasteiger partial charge in [-0.05, 0) is 67.8 Å². The summed E-state index contributed by atoms with van der Waals surface area (Å²) < 4.78 is 0. The van der Waals surface area contributed by atoms with E-state index in [9.17, 15) is 9.59 Å². The van der Waals surface area contributed by atoms with Crippen molar-refractivity contribution in [1.29, 1.82) is 5.26 Å². The fourth-order valence-electron chi connectivity index (χ4n) is 3.48. The molecule has 1 spiro atoms. The molecule has 1 saturated carbocycles. The molecule has 0 radical (unpaired) electrons. The van der Waals surface area contributed by atoms with Crippen LogP contribution in [0.3, 0.4) is 0 Å². The summed E-state index contributed by atoms with van der Waals surface area (Å²) in [6.07, 6.45) is 2.20. The monoisotopic (exact) mass is 351 g/mol. The lowest BCUT2D eigenvalue weighted by Crippen LogP contribution is -2.55. The highest BCUT2D eigenvalue weighted by Gasteiger charge is 2.61. The molecule has 2 aliphatic rings. The summed E-state index contributed by atoms with van der Waals surface area (Å²) in [5.41, 5.74) is 0.824. The number of benzene rings is 2. The van der Waals surface area contributed by atoms with Gasteiger partial charge >= 0.3 is 6.03 Å². The number of nitrogens with zero attached hydrogens (tertiary/aromatic N) is 3. The van der Waals surface area contributed by atoms with Crippen molar-refractivity contribution in [3.63, 3.8) is 0 Å². The molecule has 4 rings (SSSR count). The van der Waals surface area contributed by atoms with Crippen molar-refractivity contribution >= 4 is 34.9 Å². The Morgan fingerprint density at radius 2 is 1.56 bits per heavy atom. The maximum Gasteiger partial charge on any atom is 0.336 e. The van der Waals surface area contributed by atoms with Gasteiger partial charge in [-0.2, -0.15) is 5.26 Å². The van der Waals surface area contributed by atoms with Crippen molar-refractivity contribution in [3.05, 3.63) is 59.1 Å². The quantitative estimate of drug-likeness (QED) is 0.765. The van der Waals surface area contributed by atoms with E-state index in [-0.39, 0.29) is 11.9 Å². The Hall–Kier alpha value is -2.84. The number of carbonyl (C=O) groups is 2. The number of rotatable bonds is 2. The van der Waals surface area contributed by atoms with Crippen LogP contribution in [0.25, 0.3) is 0 Å². The fraction of sp³-hybridized carbons (Fsp3) is 0.211. The molecule has 3 amide bonds. The van der Waals surface area contributed by atoms with Crippen LogP contribution in [0, 0.1) is 11.3 Å². The van der Waals surface area contributed by atoms with Crippen molar-refractivity contribution in [3.8, 4) is 6.07 Å². The first kappa shape index (κ1) is 15.7. The Morgan fingerprint density at radius 1 is 0.960 bits per heavy atom. The summed E-state index contributed by atoms with van der Waals surface area (Å²) in [5, 5.41) is 9.50. The second kappa shape index (κ2) is 5.61. The van der Waals surface area contributed by atoms with Gasteiger partial charge in [-0.15, -0.1) is 0 Å². The maximum absolute atomic E-state index is 13.1. The Kier molecular flexibility index (Phi) is 3.52. The summed E-state index contributed by atoms with van der Waals surface area (Å²) in [6.45, 7) is 0. The van der Waals surface area contributed by atoms with Crippen LogP contribution >= 0.6 is 11.6 Å². The Bertz CT molecular complexity index is 896. The molecule has 0 aromatic heterocycles.